The molecule has 4 nitrogen and oxygen atoms in total. The minimum atomic E-state index is 0.519. The lowest BCUT2D eigenvalue weighted by molar-refractivity contribution is 0.486. The van der Waals surface area contributed by atoms with Gasteiger partial charge in [0.25, 0.3) is 0 Å². The molecular weight excluding hydrogens is 264 g/mol. The molecule has 2 unspecified atom stereocenters. The number of aryl methyl sites for hydroxylation is 1. The molecule has 102 valence electrons. The Labute approximate surface area is 118 Å². The van der Waals surface area contributed by atoms with E-state index in [2.05, 4.69) is 45.8 Å². The van der Waals surface area contributed by atoms with Crippen molar-refractivity contribution in [3.05, 3.63) is 12.2 Å². The maximum absolute atomic E-state index is 4.35. The molecule has 0 bridgehead atoms. The molecule has 2 atom stereocenters. The van der Waals surface area contributed by atoms with Crippen LogP contribution in [0.3, 0.4) is 0 Å². The fourth-order valence-corrected chi connectivity index (χ4v) is 4.99. The van der Waals surface area contributed by atoms with Gasteiger partial charge in [-0.05, 0) is 13.0 Å². The first-order chi connectivity index (χ1) is 8.81. The minimum absolute atomic E-state index is 0.519. The Bertz CT molecular complexity index is 350. The average molecular weight is 286 g/mol. The molecule has 1 aliphatic rings. The van der Waals surface area contributed by atoms with Gasteiger partial charge in [0.2, 0.25) is 0 Å². The Hall–Kier alpha value is -0.200. The second kappa shape index (κ2) is 7.40. The van der Waals surface area contributed by atoms with E-state index in [0.29, 0.717) is 11.3 Å². The highest BCUT2D eigenvalue weighted by Gasteiger charge is 2.25. The third kappa shape index (κ3) is 3.90. The number of aromatic nitrogens is 3. The number of nitrogens with zero attached hydrogens (tertiary/aromatic N) is 3. The van der Waals surface area contributed by atoms with Crippen molar-refractivity contribution in [3.63, 3.8) is 0 Å². The highest BCUT2D eigenvalue weighted by molar-refractivity contribution is 8.06. The molecule has 6 heteroatoms. The van der Waals surface area contributed by atoms with E-state index < -0.39 is 0 Å². The zero-order valence-corrected chi connectivity index (χ0v) is 12.8. The molecule has 1 saturated heterocycles. The highest BCUT2D eigenvalue weighted by atomic mass is 32.2. The van der Waals surface area contributed by atoms with Gasteiger partial charge in [-0.2, -0.15) is 28.6 Å². The number of nitrogens with one attached hydrogen (secondary N) is 1. The molecule has 0 radical (unpaired) electrons. The standard InChI is InChI=1S/C12H22N4S2/c1-3-4-13-10(11-8-17-5-6-18-11)7-12-14-9-15-16(12)2/h9-11,13H,3-8H2,1-2H3. The zero-order valence-electron chi connectivity index (χ0n) is 11.1. The van der Waals surface area contributed by atoms with Gasteiger partial charge in [-0.1, -0.05) is 6.92 Å². The summed E-state index contributed by atoms with van der Waals surface area (Å²) < 4.78 is 1.89. The highest BCUT2D eigenvalue weighted by Crippen LogP contribution is 2.27. The lowest BCUT2D eigenvalue weighted by Crippen LogP contribution is -2.43. The van der Waals surface area contributed by atoms with E-state index in [4.69, 9.17) is 0 Å². The van der Waals surface area contributed by atoms with Crippen LogP contribution in [-0.4, -0.2) is 49.9 Å². The molecule has 2 heterocycles. The van der Waals surface area contributed by atoms with Crippen LogP contribution in [0, 0.1) is 0 Å². The molecule has 1 fully saturated rings. The van der Waals surface area contributed by atoms with Crippen molar-refractivity contribution in [2.45, 2.75) is 31.1 Å². The van der Waals surface area contributed by atoms with Crippen molar-refractivity contribution < 1.29 is 0 Å². The first kappa shape index (κ1) is 14.2. The second-order valence-corrected chi connectivity index (χ2v) is 7.05. The number of thioether (sulfide) groups is 2. The summed E-state index contributed by atoms with van der Waals surface area (Å²) in [6.45, 7) is 3.30. The van der Waals surface area contributed by atoms with Crippen LogP contribution in [0.25, 0.3) is 0 Å². The molecule has 0 amide bonds. The monoisotopic (exact) mass is 286 g/mol. The van der Waals surface area contributed by atoms with Gasteiger partial charge in [0.05, 0.1) is 0 Å². The maximum Gasteiger partial charge on any atom is 0.138 e. The third-order valence-corrected chi connectivity index (χ3v) is 6.07. The van der Waals surface area contributed by atoms with Crippen molar-refractivity contribution in [2.24, 2.45) is 7.05 Å². The van der Waals surface area contributed by atoms with Crippen LogP contribution >= 0.6 is 23.5 Å². The predicted molar refractivity (Wildman–Crippen MR) is 80.4 cm³/mol. The van der Waals surface area contributed by atoms with Gasteiger partial charge < -0.3 is 5.32 Å². The molecule has 0 saturated carbocycles. The van der Waals surface area contributed by atoms with E-state index in [1.807, 2.05) is 11.7 Å². The number of hydrogen-bond donors (Lipinski definition) is 1. The molecule has 0 aliphatic carbocycles. The SMILES string of the molecule is CCCNC(Cc1ncnn1C)C1CSCCS1. The van der Waals surface area contributed by atoms with Gasteiger partial charge in [-0.15, -0.1) is 0 Å². The van der Waals surface area contributed by atoms with E-state index in [1.165, 1.54) is 23.7 Å². The van der Waals surface area contributed by atoms with E-state index in [-0.39, 0.29) is 0 Å². The first-order valence-corrected chi connectivity index (χ1v) is 8.77. The molecule has 1 aromatic rings. The van der Waals surface area contributed by atoms with Crippen LogP contribution in [0.15, 0.2) is 6.33 Å². The van der Waals surface area contributed by atoms with Crippen molar-refractivity contribution >= 4 is 23.5 Å². The smallest absolute Gasteiger partial charge is 0.138 e. The number of rotatable bonds is 6. The van der Waals surface area contributed by atoms with Gasteiger partial charge >= 0.3 is 0 Å². The van der Waals surface area contributed by atoms with Gasteiger partial charge in [0, 0.05) is 42.0 Å². The van der Waals surface area contributed by atoms with Gasteiger partial charge in [0.1, 0.15) is 12.2 Å². The van der Waals surface area contributed by atoms with Crippen LogP contribution in [0.5, 0.6) is 0 Å². The lowest BCUT2D eigenvalue weighted by Gasteiger charge is -2.30. The molecule has 1 N–H and O–H groups in total. The van der Waals surface area contributed by atoms with E-state index in [0.717, 1.165) is 18.8 Å². The molecule has 0 spiro atoms. The lowest BCUT2D eigenvalue weighted by atomic mass is 10.1. The summed E-state index contributed by atoms with van der Waals surface area (Å²) in [6.07, 6.45) is 3.81. The first-order valence-electron chi connectivity index (χ1n) is 6.57. The van der Waals surface area contributed by atoms with Crippen molar-refractivity contribution in [2.75, 3.05) is 23.8 Å². The summed E-state index contributed by atoms with van der Waals surface area (Å²) in [5, 5.41) is 8.55. The van der Waals surface area contributed by atoms with Gasteiger partial charge in [-0.3, -0.25) is 4.68 Å². The largest absolute Gasteiger partial charge is 0.312 e. The molecule has 0 aromatic carbocycles. The fraction of sp³-hybridized carbons (Fsp3) is 0.833. The van der Waals surface area contributed by atoms with Crippen LogP contribution < -0.4 is 5.32 Å². The summed E-state index contributed by atoms with van der Waals surface area (Å²) in [7, 11) is 1.97. The van der Waals surface area contributed by atoms with Crippen molar-refractivity contribution in [1.29, 1.82) is 0 Å². The molecular formula is C12H22N4S2. The summed E-state index contributed by atoms with van der Waals surface area (Å²) in [5.74, 6) is 4.91. The third-order valence-electron chi connectivity index (χ3n) is 3.15. The Kier molecular flexibility index (Phi) is 5.85. The van der Waals surface area contributed by atoms with Crippen molar-refractivity contribution in [1.82, 2.24) is 20.1 Å². The van der Waals surface area contributed by atoms with E-state index in [1.54, 1.807) is 6.33 Å². The number of hydrogen-bond acceptors (Lipinski definition) is 5. The van der Waals surface area contributed by atoms with E-state index in [9.17, 15) is 0 Å². The van der Waals surface area contributed by atoms with Gasteiger partial charge in [-0.25, -0.2) is 4.98 Å². The Morgan fingerprint density at radius 2 is 2.44 bits per heavy atom. The maximum atomic E-state index is 4.35. The zero-order chi connectivity index (χ0) is 12.8. The Morgan fingerprint density at radius 1 is 1.56 bits per heavy atom. The van der Waals surface area contributed by atoms with Crippen molar-refractivity contribution in [3.8, 4) is 0 Å². The fourth-order valence-electron chi connectivity index (χ4n) is 2.10. The quantitative estimate of drug-likeness (QED) is 0.860. The van der Waals surface area contributed by atoms with Crippen LogP contribution in [0.4, 0.5) is 0 Å². The topological polar surface area (TPSA) is 42.7 Å². The van der Waals surface area contributed by atoms with Crippen LogP contribution in [0.2, 0.25) is 0 Å². The Balaban J connectivity index is 1.97. The Morgan fingerprint density at radius 3 is 3.06 bits per heavy atom. The van der Waals surface area contributed by atoms with Crippen LogP contribution in [-0.2, 0) is 13.5 Å². The summed E-state index contributed by atoms with van der Waals surface area (Å²) >= 11 is 4.19. The predicted octanol–water partition coefficient (Wildman–Crippen LogP) is 1.57. The average Bonchev–Trinajstić information content (AvgIpc) is 2.81. The molecule has 18 heavy (non-hydrogen) atoms. The summed E-state index contributed by atoms with van der Waals surface area (Å²) in [4.78, 5) is 4.35. The van der Waals surface area contributed by atoms with Crippen LogP contribution in [0.1, 0.15) is 19.2 Å². The normalized spacial score (nSPS) is 22.0. The molecule has 1 aromatic heterocycles. The minimum Gasteiger partial charge on any atom is -0.312 e. The summed E-state index contributed by atoms with van der Waals surface area (Å²) in [5.41, 5.74) is 0. The second-order valence-electron chi connectivity index (χ2n) is 4.55. The van der Waals surface area contributed by atoms with Gasteiger partial charge in [0.15, 0.2) is 0 Å². The molecule has 1 aliphatic heterocycles. The summed E-state index contributed by atoms with van der Waals surface area (Å²) in [6, 6.07) is 0.519. The molecule has 2 rings (SSSR count). The van der Waals surface area contributed by atoms with E-state index >= 15 is 0 Å².